The van der Waals surface area contributed by atoms with Gasteiger partial charge in [0.2, 0.25) is 10.0 Å². The van der Waals surface area contributed by atoms with E-state index in [9.17, 15) is 31.2 Å². The molecule has 2 aromatic carbocycles. The van der Waals surface area contributed by atoms with E-state index >= 15 is 0 Å². The Labute approximate surface area is 176 Å². The highest BCUT2D eigenvalue weighted by Gasteiger charge is 2.36. The first-order valence-electron chi connectivity index (χ1n) is 8.80. The topological polar surface area (TPSA) is 64.4 Å². The second-order valence-corrected chi connectivity index (χ2v) is 9.01. The Kier molecular flexibility index (Phi) is 6.38. The maximum atomic E-state index is 13.1. The van der Waals surface area contributed by atoms with Crippen molar-refractivity contribution in [1.82, 2.24) is 9.21 Å². The summed E-state index contributed by atoms with van der Waals surface area (Å²) in [5.41, 5.74) is -0.646. The van der Waals surface area contributed by atoms with Crippen LogP contribution in [-0.2, 0) is 16.2 Å². The summed E-state index contributed by atoms with van der Waals surface area (Å²) in [6.07, 6.45) is -4.78. The van der Waals surface area contributed by atoms with Crippen molar-refractivity contribution >= 4 is 21.6 Å². The van der Waals surface area contributed by atoms with Gasteiger partial charge in [0.25, 0.3) is 0 Å². The van der Waals surface area contributed by atoms with Crippen molar-refractivity contribution < 1.29 is 26.0 Å². The maximum absolute atomic E-state index is 13.1. The highest BCUT2D eigenvalue weighted by atomic mass is 35.5. The third kappa shape index (κ3) is 4.59. The van der Waals surface area contributed by atoms with Crippen LogP contribution >= 0.6 is 11.6 Å². The number of nitrogens with zero attached hydrogens (tertiary/aromatic N) is 3. The molecule has 0 spiro atoms. The fourth-order valence-corrected chi connectivity index (χ4v) is 4.92. The van der Waals surface area contributed by atoms with Gasteiger partial charge in [-0.1, -0.05) is 23.7 Å². The average Bonchev–Trinajstić information content (AvgIpc) is 2.69. The van der Waals surface area contributed by atoms with Gasteiger partial charge in [-0.3, -0.25) is 4.90 Å². The van der Waals surface area contributed by atoms with E-state index in [4.69, 9.17) is 11.6 Å². The van der Waals surface area contributed by atoms with Gasteiger partial charge in [-0.15, -0.1) is 0 Å². The van der Waals surface area contributed by atoms with E-state index in [1.807, 2.05) is 0 Å². The van der Waals surface area contributed by atoms with E-state index in [0.29, 0.717) is 11.6 Å². The van der Waals surface area contributed by atoms with Gasteiger partial charge < -0.3 is 0 Å². The summed E-state index contributed by atoms with van der Waals surface area (Å²) in [6, 6.07) is 9.34. The van der Waals surface area contributed by atoms with Crippen LogP contribution in [0.1, 0.15) is 17.2 Å². The molecule has 2 aromatic rings. The number of rotatable bonds is 4. The van der Waals surface area contributed by atoms with E-state index in [1.165, 1.54) is 24.3 Å². The fraction of sp³-hybridized carbons (Fsp3) is 0.316. The van der Waals surface area contributed by atoms with Crippen molar-refractivity contribution in [3.63, 3.8) is 0 Å². The molecule has 0 amide bonds. The minimum Gasteiger partial charge on any atom is -0.282 e. The number of nitriles is 1. The first kappa shape index (κ1) is 22.5. The van der Waals surface area contributed by atoms with Crippen molar-refractivity contribution in [2.24, 2.45) is 0 Å². The molecular weight excluding hydrogens is 446 g/mol. The molecule has 1 fully saturated rings. The first-order valence-corrected chi connectivity index (χ1v) is 10.6. The number of piperazine rings is 1. The molecule has 1 saturated heterocycles. The van der Waals surface area contributed by atoms with Crippen LogP contribution in [0.2, 0.25) is 5.02 Å². The van der Waals surface area contributed by atoms with Crippen LogP contribution in [-0.4, -0.2) is 43.8 Å². The molecule has 1 heterocycles. The number of halogens is 5. The standard InChI is InChI=1S/C19H16ClF4N3O2S/c20-17-6-5-15(11-16(17)19(22,23)24)30(28,29)27-9-7-26(8-10-27)18(12-25)13-1-3-14(21)4-2-13/h1-6,11,18H,7-10H2/t18-/m1/s1. The minimum absolute atomic E-state index is 0.00825. The molecule has 0 radical (unpaired) electrons. The molecule has 0 bridgehead atoms. The molecular formula is C19H16ClF4N3O2S. The Hall–Kier alpha value is -2.19. The summed E-state index contributed by atoms with van der Waals surface area (Å²) in [5.74, 6) is -0.437. The van der Waals surface area contributed by atoms with Crippen LogP contribution in [0.15, 0.2) is 47.4 Å². The highest BCUT2D eigenvalue weighted by molar-refractivity contribution is 7.89. The van der Waals surface area contributed by atoms with Crippen molar-refractivity contribution in [2.45, 2.75) is 17.1 Å². The van der Waals surface area contributed by atoms with Gasteiger partial charge in [0.15, 0.2) is 0 Å². The molecule has 1 aliphatic heterocycles. The third-order valence-electron chi connectivity index (χ3n) is 4.83. The molecule has 0 N–H and O–H groups in total. The van der Waals surface area contributed by atoms with Crippen LogP contribution in [0.4, 0.5) is 17.6 Å². The summed E-state index contributed by atoms with van der Waals surface area (Å²) >= 11 is 5.57. The number of benzene rings is 2. The van der Waals surface area contributed by atoms with E-state index in [-0.39, 0.29) is 26.2 Å². The van der Waals surface area contributed by atoms with Crippen LogP contribution in [0.25, 0.3) is 0 Å². The van der Waals surface area contributed by atoms with Gasteiger partial charge in [-0.25, -0.2) is 12.8 Å². The van der Waals surface area contributed by atoms with Gasteiger partial charge in [0.1, 0.15) is 11.9 Å². The van der Waals surface area contributed by atoms with Crippen molar-refractivity contribution in [3.05, 3.63) is 64.4 Å². The Balaban J connectivity index is 1.77. The second kappa shape index (κ2) is 8.51. The smallest absolute Gasteiger partial charge is 0.282 e. The number of hydrogen-bond donors (Lipinski definition) is 0. The fourth-order valence-electron chi connectivity index (χ4n) is 3.25. The molecule has 11 heteroatoms. The molecule has 5 nitrogen and oxygen atoms in total. The summed E-state index contributed by atoms with van der Waals surface area (Å²) in [6.45, 7) is 0.362. The molecule has 160 valence electrons. The Morgan fingerprint density at radius 3 is 2.17 bits per heavy atom. The van der Waals surface area contributed by atoms with Crippen molar-refractivity contribution in [2.75, 3.05) is 26.2 Å². The zero-order chi connectivity index (χ0) is 22.1. The van der Waals surface area contributed by atoms with Gasteiger partial charge in [0.05, 0.1) is 21.6 Å². The van der Waals surface area contributed by atoms with Crippen molar-refractivity contribution in [1.29, 1.82) is 5.26 Å². The summed E-state index contributed by atoms with van der Waals surface area (Å²) in [7, 11) is -4.17. The largest absolute Gasteiger partial charge is 0.417 e. The second-order valence-electron chi connectivity index (χ2n) is 6.66. The van der Waals surface area contributed by atoms with E-state index in [0.717, 1.165) is 16.4 Å². The lowest BCUT2D eigenvalue weighted by Crippen LogP contribution is -2.49. The Morgan fingerprint density at radius 1 is 1.03 bits per heavy atom. The normalized spacial score (nSPS) is 17.5. The predicted octanol–water partition coefficient (Wildman–Crippen LogP) is 4.07. The van der Waals surface area contributed by atoms with E-state index < -0.39 is 43.5 Å². The molecule has 0 aromatic heterocycles. The molecule has 0 unspecified atom stereocenters. The Morgan fingerprint density at radius 2 is 1.63 bits per heavy atom. The van der Waals surface area contributed by atoms with E-state index in [1.54, 1.807) is 4.90 Å². The third-order valence-corrected chi connectivity index (χ3v) is 7.05. The lowest BCUT2D eigenvalue weighted by Gasteiger charge is -2.36. The van der Waals surface area contributed by atoms with Gasteiger partial charge in [-0.2, -0.15) is 22.7 Å². The SMILES string of the molecule is N#C[C@H](c1ccc(F)cc1)N1CCN(S(=O)(=O)c2ccc(Cl)c(C(F)(F)F)c2)CC1. The summed E-state index contributed by atoms with van der Waals surface area (Å²) in [5, 5.41) is 8.92. The van der Waals surface area contributed by atoms with Crippen LogP contribution < -0.4 is 0 Å². The molecule has 0 saturated carbocycles. The van der Waals surface area contributed by atoms with Gasteiger partial charge >= 0.3 is 6.18 Å². The predicted molar refractivity (Wildman–Crippen MR) is 102 cm³/mol. The minimum atomic E-state index is -4.78. The van der Waals surface area contributed by atoms with Crippen molar-refractivity contribution in [3.8, 4) is 6.07 Å². The molecule has 30 heavy (non-hydrogen) atoms. The van der Waals surface area contributed by atoms with Gasteiger partial charge in [-0.05, 0) is 35.9 Å². The number of alkyl halides is 3. The molecule has 0 aliphatic carbocycles. The highest BCUT2D eigenvalue weighted by Crippen LogP contribution is 2.36. The average molecular weight is 462 g/mol. The van der Waals surface area contributed by atoms with Crippen LogP contribution in [0.5, 0.6) is 0 Å². The zero-order valence-corrected chi connectivity index (χ0v) is 17.0. The lowest BCUT2D eigenvalue weighted by atomic mass is 10.1. The van der Waals surface area contributed by atoms with Gasteiger partial charge in [0, 0.05) is 26.2 Å². The molecule has 1 aliphatic rings. The molecule has 3 rings (SSSR count). The number of hydrogen-bond acceptors (Lipinski definition) is 4. The quantitative estimate of drug-likeness (QED) is 0.644. The monoisotopic (exact) mass is 461 g/mol. The number of sulfonamides is 1. The van der Waals surface area contributed by atoms with Crippen LogP contribution in [0, 0.1) is 17.1 Å². The van der Waals surface area contributed by atoms with Crippen LogP contribution in [0.3, 0.4) is 0 Å². The maximum Gasteiger partial charge on any atom is 0.417 e. The molecule has 1 atom stereocenters. The first-order chi connectivity index (χ1) is 14.0. The van der Waals surface area contributed by atoms with E-state index in [2.05, 4.69) is 6.07 Å². The Bertz CT molecular complexity index is 1060. The summed E-state index contributed by atoms with van der Waals surface area (Å²) < 4.78 is 79.0. The summed E-state index contributed by atoms with van der Waals surface area (Å²) in [4.78, 5) is 1.24. The zero-order valence-electron chi connectivity index (χ0n) is 15.4. The lowest BCUT2D eigenvalue weighted by molar-refractivity contribution is -0.137.